The van der Waals surface area contributed by atoms with E-state index in [1.807, 2.05) is 0 Å². The monoisotopic (exact) mass is 580 g/mol. The Balaban J connectivity index is 1.51. The summed E-state index contributed by atoms with van der Waals surface area (Å²) < 4.78 is 26.2. The van der Waals surface area contributed by atoms with Crippen LogP contribution in [0.1, 0.15) is 59.2 Å². The van der Waals surface area contributed by atoms with E-state index in [-0.39, 0.29) is 37.2 Å². The second kappa shape index (κ2) is 9.88. The first-order valence-electron chi connectivity index (χ1n) is 13.6. The number of cyclic esters (lactones) is 1. The number of aliphatic hydroxyl groups excluding tert-OH is 1. The predicted molar refractivity (Wildman–Crippen MR) is 145 cm³/mol. The molecule has 2 amide bonds. The lowest BCUT2D eigenvalue weighted by atomic mass is 9.81. The number of carbonyl (C=O) groups excluding carboxylic acids is 3. The number of hydrogen-bond acceptors (Lipinski definition) is 9. The fraction of sp³-hybridized carbons (Fsp3) is 0.414. The molecule has 0 spiro atoms. The number of alkyl carbamates (subject to hydrolysis) is 1. The van der Waals surface area contributed by atoms with Crippen LogP contribution in [0.5, 0.6) is 0 Å². The van der Waals surface area contributed by atoms with E-state index in [2.05, 4.69) is 15.4 Å². The summed E-state index contributed by atoms with van der Waals surface area (Å²) in [7, 11) is 1.16. The van der Waals surface area contributed by atoms with Crippen molar-refractivity contribution in [2.45, 2.75) is 64.0 Å². The molecule has 0 saturated carbocycles. The molecule has 2 aliphatic heterocycles. The number of ether oxygens (including phenoxy) is 2. The van der Waals surface area contributed by atoms with Gasteiger partial charge in [0.25, 0.3) is 11.5 Å². The first-order chi connectivity index (χ1) is 20.0. The van der Waals surface area contributed by atoms with Crippen molar-refractivity contribution in [3.05, 3.63) is 61.7 Å². The highest BCUT2D eigenvalue weighted by molar-refractivity contribution is 5.94. The van der Waals surface area contributed by atoms with Gasteiger partial charge in [0.15, 0.2) is 5.60 Å². The number of aryl methyl sites for hydroxylation is 1. The molecule has 4 N–H and O–H groups in total. The number of halogens is 1. The van der Waals surface area contributed by atoms with Gasteiger partial charge in [0.05, 0.1) is 48.7 Å². The first kappa shape index (κ1) is 27.8. The van der Waals surface area contributed by atoms with Crippen molar-refractivity contribution in [1.29, 1.82) is 0 Å². The largest absolute Gasteiger partial charge is 0.458 e. The zero-order valence-electron chi connectivity index (χ0n) is 23.2. The van der Waals surface area contributed by atoms with Crippen LogP contribution < -0.4 is 16.2 Å². The molecule has 0 saturated heterocycles. The van der Waals surface area contributed by atoms with Gasteiger partial charge in [-0.1, -0.05) is 6.92 Å². The minimum atomic E-state index is -2.00. The van der Waals surface area contributed by atoms with Crippen LogP contribution in [-0.4, -0.2) is 57.5 Å². The highest BCUT2D eigenvalue weighted by Gasteiger charge is 2.46. The molecule has 6 rings (SSSR count). The molecule has 42 heavy (non-hydrogen) atoms. The fourth-order valence-electron chi connectivity index (χ4n) is 6.31. The summed E-state index contributed by atoms with van der Waals surface area (Å²) >= 11 is 0. The van der Waals surface area contributed by atoms with Gasteiger partial charge in [-0.2, -0.15) is 0 Å². The third-order valence-electron chi connectivity index (χ3n) is 8.62. The molecule has 220 valence electrons. The first-order valence-corrected chi connectivity index (χ1v) is 13.6. The second-order valence-electron chi connectivity index (χ2n) is 10.8. The smallest absolute Gasteiger partial charge is 0.406 e. The maximum atomic E-state index is 15.0. The zero-order chi connectivity index (χ0) is 30.1. The Morgan fingerprint density at radius 2 is 2.05 bits per heavy atom. The molecule has 3 aromatic rings. The number of nitrogens with one attached hydrogen (secondary N) is 2. The number of hydrogen-bond donors (Lipinski definition) is 4. The number of aliphatic hydroxyl groups is 2. The van der Waals surface area contributed by atoms with Crippen LogP contribution in [0, 0.1) is 12.7 Å². The van der Waals surface area contributed by atoms with Gasteiger partial charge in [-0.15, -0.1) is 0 Å². The van der Waals surface area contributed by atoms with E-state index in [0.29, 0.717) is 51.8 Å². The average molecular weight is 581 g/mol. The average Bonchev–Trinajstić information content (AvgIpc) is 3.35. The van der Waals surface area contributed by atoms with Crippen LogP contribution in [0.3, 0.4) is 0 Å². The number of methoxy groups -OCH3 is 1. The Morgan fingerprint density at radius 1 is 1.29 bits per heavy atom. The van der Waals surface area contributed by atoms with E-state index in [9.17, 15) is 29.4 Å². The molecule has 3 aliphatic rings. The van der Waals surface area contributed by atoms with Crippen LogP contribution in [0.2, 0.25) is 0 Å². The Labute approximate surface area is 238 Å². The molecule has 13 heteroatoms. The molecule has 0 fully saturated rings. The van der Waals surface area contributed by atoms with Crippen molar-refractivity contribution in [3.8, 4) is 11.4 Å². The van der Waals surface area contributed by atoms with Crippen LogP contribution in [0.4, 0.5) is 9.18 Å². The molecular weight excluding hydrogens is 551 g/mol. The lowest BCUT2D eigenvalue weighted by molar-refractivity contribution is -0.172. The molecule has 1 aliphatic carbocycles. The number of amides is 2. The van der Waals surface area contributed by atoms with E-state index in [1.54, 1.807) is 19.9 Å². The Morgan fingerprint density at radius 3 is 2.76 bits per heavy atom. The normalized spacial score (nSPS) is 20.7. The van der Waals surface area contributed by atoms with Gasteiger partial charge in [-0.25, -0.2) is 19.0 Å². The maximum absolute atomic E-state index is 15.0. The van der Waals surface area contributed by atoms with Crippen LogP contribution in [0.15, 0.2) is 16.9 Å². The van der Waals surface area contributed by atoms with Gasteiger partial charge in [0.1, 0.15) is 18.5 Å². The van der Waals surface area contributed by atoms with E-state index in [0.717, 1.165) is 12.7 Å². The number of esters is 1. The number of aromatic nitrogens is 2. The molecule has 0 radical (unpaired) electrons. The topological polar surface area (TPSA) is 169 Å². The van der Waals surface area contributed by atoms with Crippen molar-refractivity contribution in [3.63, 3.8) is 0 Å². The minimum absolute atomic E-state index is 0.0138. The predicted octanol–water partition coefficient (Wildman–Crippen LogP) is 1.35. The number of nitrogens with zero attached hydrogens (tertiary/aromatic N) is 2. The molecule has 0 unspecified atom stereocenters. The van der Waals surface area contributed by atoms with E-state index in [4.69, 9.17) is 9.72 Å². The van der Waals surface area contributed by atoms with Crippen molar-refractivity contribution in [2.75, 3.05) is 13.7 Å². The maximum Gasteiger partial charge on any atom is 0.406 e. The third-order valence-corrected chi connectivity index (χ3v) is 8.62. The van der Waals surface area contributed by atoms with Crippen molar-refractivity contribution in [1.82, 2.24) is 20.2 Å². The summed E-state index contributed by atoms with van der Waals surface area (Å²) in [5.41, 5.74) is 1.43. The Hall–Kier alpha value is -4.36. The van der Waals surface area contributed by atoms with E-state index >= 15 is 4.39 Å². The Kier molecular flexibility index (Phi) is 6.54. The van der Waals surface area contributed by atoms with E-state index < -0.39 is 47.1 Å². The molecule has 3 atom stereocenters. The lowest BCUT2D eigenvalue weighted by Gasteiger charge is -2.31. The van der Waals surface area contributed by atoms with Gasteiger partial charge in [-0.05, 0) is 48.9 Å². The van der Waals surface area contributed by atoms with Gasteiger partial charge < -0.3 is 34.9 Å². The van der Waals surface area contributed by atoms with Crippen LogP contribution in [-0.2, 0) is 44.2 Å². The SMILES string of the molecule is CC[C@@]1(O)C(=O)OCc2c1cc1n(c2=O)Cc2c-1nc1cc(F)c(C)c3c1c2[C@@H](NC(=O)[C@H](O)CNC(=O)OC)CC3. The highest BCUT2D eigenvalue weighted by Crippen LogP contribution is 2.45. The number of pyridine rings is 2. The van der Waals surface area contributed by atoms with Crippen molar-refractivity contribution in [2.24, 2.45) is 0 Å². The zero-order valence-corrected chi connectivity index (χ0v) is 23.2. The van der Waals surface area contributed by atoms with Gasteiger partial charge in [-0.3, -0.25) is 9.59 Å². The molecule has 2 aromatic heterocycles. The summed E-state index contributed by atoms with van der Waals surface area (Å²) in [6, 6.07) is 2.26. The van der Waals surface area contributed by atoms with Gasteiger partial charge in [0, 0.05) is 22.6 Å². The molecule has 4 heterocycles. The summed E-state index contributed by atoms with van der Waals surface area (Å²) in [5, 5.41) is 27.4. The number of rotatable bonds is 5. The summed E-state index contributed by atoms with van der Waals surface area (Å²) in [6.45, 7) is 2.73. The summed E-state index contributed by atoms with van der Waals surface area (Å²) in [5.74, 6) is -2.01. The van der Waals surface area contributed by atoms with Crippen LogP contribution >= 0.6 is 0 Å². The van der Waals surface area contributed by atoms with Crippen LogP contribution in [0.25, 0.3) is 22.3 Å². The lowest BCUT2D eigenvalue weighted by Crippen LogP contribution is -2.44. The second-order valence-corrected chi connectivity index (χ2v) is 10.8. The third kappa shape index (κ3) is 3.98. The molecular formula is C29H29FN4O8. The molecule has 12 nitrogen and oxygen atoms in total. The van der Waals surface area contributed by atoms with Gasteiger partial charge >= 0.3 is 12.1 Å². The Bertz CT molecular complexity index is 1770. The minimum Gasteiger partial charge on any atom is -0.458 e. The molecule has 1 aromatic carbocycles. The number of benzene rings is 1. The van der Waals surface area contributed by atoms with Crippen molar-refractivity contribution >= 4 is 28.9 Å². The number of fused-ring (bicyclic) bond motifs is 5. The summed E-state index contributed by atoms with van der Waals surface area (Å²) in [6.07, 6.45) is -1.57. The van der Waals surface area contributed by atoms with E-state index in [1.165, 1.54) is 10.6 Å². The quantitative estimate of drug-likeness (QED) is 0.255. The van der Waals surface area contributed by atoms with Gasteiger partial charge in [0.2, 0.25) is 0 Å². The van der Waals surface area contributed by atoms with Crippen molar-refractivity contribution < 1.29 is 38.5 Å². The fourth-order valence-corrected chi connectivity index (χ4v) is 6.31. The standard InChI is InChI=1S/C29H29FN4O8/c1-4-29(40)16-7-20-24-14(10-34(20)26(37)15(16)11-42-27(29)38)23-18(33-25(36)21(35)9-31-28(39)41-3)6-5-13-12(2)17(30)8-19(32-24)22(13)23/h7-8,18,21,35,40H,4-6,9-11H2,1-3H3,(H,31,39)(H,33,36)/t18-,21+,29-/m0/s1. The highest BCUT2D eigenvalue weighted by atomic mass is 19.1. The molecule has 0 bridgehead atoms. The summed E-state index contributed by atoms with van der Waals surface area (Å²) in [4.78, 5) is 55.4. The number of carbonyl (C=O) groups is 3.